The number of hydrogen-bond donors (Lipinski definition) is 1. The minimum atomic E-state index is -4.26. The fourth-order valence-electron chi connectivity index (χ4n) is 3.42. The summed E-state index contributed by atoms with van der Waals surface area (Å²) in [6.45, 7) is 1.51. The molecule has 3 aromatic rings. The van der Waals surface area contributed by atoms with Crippen molar-refractivity contribution in [3.63, 3.8) is 0 Å². The third-order valence-electron chi connectivity index (χ3n) is 5.29. The molecule has 0 bridgehead atoms. The summed E-state index contributed by atoms with van der Waals surface area (Å²) < 4.78 is 44.4. The van der Waals surface area contributed by atoms with Crippen LogP contribution in [-0.2, 0) is 21.2 Å². The molecule has 0 saturated carbocycles. The van der Waals surface area contributed by atoms with Crippen LogP contribution in [0.1, 0.15) is 12.5 Å². The minimum Gasteiger partial charge on any atom is -0.495 e. The van der Waals surface area contributed by atoms with Crippen LogP contribution in [0.3, 0.4) is 0 Å². The maximum Gasteiger partial charge on any atom is 0.265 e. The second-order valence-electron chi connectivity index (χ2n) is 7.44. The van der Waals surface area contributed by atoms with Crippen molar-refractivity contribution in [1.82, 2.24) is 0 Å². The molecular weight excluding hydrogens is 492 g/mol. The summed E-state index contributed by atoms with van der Waals surface area (Å²) in [4.78, 5) is 12.9. The van der Waals surface area contributed by atoms with Gasteiger partial charge in [0.25, 0.3) is 10.0 Å². The van der Waals surface area contributed by atoms with E-state index < -0.39 is 22.5 Å². The Kier molecular flexibility index (Phi) is 8.48. The van der Waals surface area contributed by atoms with Crippen LogP contribution in [0, 0.1) is 0 Å². The van der Waals surface area contributed by atoms with Crippen molar-refractivity contribution in [3.05, 3.63) is 71.2 Å². The van der Waals surface area contributed by atoms with Gasteiger partial charge in [0.1, 0.15) is 12.3 Å². The van der Waals surface area contributed by atoms with Gasteiger partial charge in [-0.05, 0) is 54.4 Å². The number of methoxy groups -OCH3 is 3. The van der Waals surface area contributed by atoms with Crippen molar-refractivity contribution in [2.45, 2.75) is 18.2 Å². The molecule has 0 unspecified atom stereocenters. The molecule has 0 radical (unpaired) electrons. The summed E-state index contributed by atoms with van der Waals surface area (Å²) in [5, 5.41) is 3.03. The highest BCUT2D eigenvalue weighted by Crippen LogP contribution is 2.37. The number of nitrogens with one attached hydrogen (secondary N) is 1. The van der Waals surface area contributed by atoms with Gasteiger partial charge in [-0.15, -0.1) is 0 Å². The molecule has 0 aliphatic heterocycles. The van der Waals surface area contributed by atoms with Crippen LogP contribution in [0.5, 0.6) is 17.2 Å². The fraction of sp³-hybridized carbons (Fsp3) is 0.240. The Morgan fingerprint density at radius 1 is 0.886 bits per heavy atom. The van der Waals surface area contributed by atoms with Crippen LogP contribution in [0.4, 0.5) is 11.4 Å². The lowest BCUT2D eigenvalue weighted by atomic mass is 10.1. The van der Waals surface area contributed by atoms with Gasteiger partial charge in [-0.3, -0.25) is 9.10 Å². The van der Waals surface area contributed by atoms with E-state index >= 15 is 0 Å². The number of amides is 1. The van der Waals surface area contributed by atoms with Crippen LogP contribution in [0.2, 0.25) is 5.02 Å². The number of sulfonamides is 1. The number of carbonyl (C=O) groups is 1. The Morgan fingerprint density at radius 2 is 1.51 bits per heavy atom. The predicted octanol–water partition coefficient (Wildman–Crippen LogP) is 4.76. The average molecular weight is 519 g/mol. The minimum absolute atomic E-state index is 0.0997. The first-order valence-electron chi connectivity index (χ1n) is 10.7. The first-order valence-corrected chi connectivity index (χ1v) is 12.5. The molecule has 10 heteroatoms. The lowest BCUT2D eigenvalue weighted by Gasteiger charge is -2.26. The van der Waals surface area contributed by atoms with Crippen molar-refractivity contribution < 1.29 is 27.4 Å². The predicted molar refractivity (Wildman–Crippen MR) is 137 cm³/mol. The third kappa shape index (κ3) is 5.98. The zero-order valence-electron chi connectivity index (χ0n) is 19.9. The number of rotatable bonds is 10. The zero-order chi connectivity index (χ0) is 25.6. The zero-order valence-corrected chi connectivity index (χ0v) is 21.4. The van der Waals surface area contributed by atoms with Crippen LogP contribution in [0.15, 0.2) is 65.6 Å². The van der Waals surface area contributed by atoms with E-state index in [0.29, 0.717) is 11.4 Å². The molecule has 1 amide bonds. The highest BCUT2D eigenvalue weighted by atomic mass is 35.5. The summed E-state index contributed by atoms with van der Waals surface area (Å²) in [6, 6.07) is 16.1. The van der Waals surface area contributed by atoms with E-state index in [0.717, 1.165) is 16.3 Å². The van der Waals surface area contributed by atoms with Gasteiger partial charge in [-0.2, -0.15) is 0 Å². The Morgan fingerprint density at radius 3 is 2.11 bits per heavy atom. The van der Waals surface area contributed by atoms with E-state index in [2.05, 4.69) is 5.32 Å². The lowest BCUT2D eigenvalue weighted by Crippen LogP contribution is -2.38. The Hall–Kier alpha value is -3.43. The normalized spacial score (nSPS) is 11.0. The van der Waals surface area contributed by atoms with Crippen molar-refractivity contribution in [1.29, 1.82) is 0 Å². The van der Waals surface area contributed by atoms with Gasteiger partial charge in [0.15, 0.2) is 11.5 Å². The first kappa shape index (κ1) is 26.2. The standard InChI is InChI=1S/C25H27ClN2O6S/c1-5-17-6-9-19(10-7-17)27-25(29)16-28(21-14-18(26)8-12-22(21)32-2)35(30,31)20-11-13-23(33-3)24(15-20)34-4/h6-15H,5,16H2,1-4H3,(H,27,29). The van der Waals surface area contributed by atoms with E-state index in [-0.39, 0.29) is 27.1 Å². The number of hydrogen-bond acceptors (Lipinski definition) is 6. The van der Waals surface area contributed by atoms with Gasteiger partial charge >= 0.3 is 0 Å². The second kappa shape index (κ2) is 11.3. The average Bonchev–Trinajstić information content (AvgIpc) is 2.87. The molecule has 0 heterocycles. The van der Waals surface area contributed by atoms with Crippen molar-refractivity contribution in [2.75, 3.05) is 37.5 Å². The summed E-state index contributed by atoms with van der Waals surface area (Å²) in [5.74, 6) is 0.289. The summed E-state index contributed by atoms with van der Waals surface area (Å²) in [6.07, 6.45) is 0.861. The van der Waals surface area contributed by atoms with Gasteiger partial charge in [0.05, 0.1) is 31.9 Å². The molecule has 3 aromatic carbocycles. The Balaban J connectivity index is 2.04. The van der Waals surface area contributed by atoms with E-state index in [1.54, 1.807) is 18.2 Å². The van der Waals surface area contributed by atoms with Crippen LogP contribution in [-0.4, -0.2) is 42.2 Å². The molecule has 35 heavy (non-hydrogen) atoms. The molecule has 0 fully saturated rings. The molecule has 3 rings (SSSR count). The third-order valence-corrected chi connectivity index (χ3v) is 7.28. The van der Waals surface area contributed by atoms with Crippen LogP contribution in [0.25, 0.3) is 0 Å². The highest BCUT2D eigenvalue weighted by Gasteiger charge is 2.30. The molecule has 0 atom stereocenters. The van der Waals surface area contributed by atoms with Gasteiger partial charge in [0, 0.05) is 16.8 Å². The molecule has 0 aliphatic carbocycles. The maximum atomic E-state index is 13.8. The van der Waals surface area contributed by atoms with Gasteiger partial charge in [-0.1, -0.05) is 30.7 Å². The topological polar surface area (TPSA) is 94.2 Å². The Bertz CT molecular complexity index is 1300. The molecule has 1 N–H and O–H groups in total. The summed E-state index contributed by atoms with van der Waals surface area (Å²) in [5.41, 5.74) is 1.78. The number of halogens is 1. The molecule has 0 aromatic heterocycles. The lowest BCUT2D eigenvalue weighted by molar-refractivity contribution is -0.114. The van der Waals surface area contributed by atoms with E-state index in [1.165, 1.54) is 51.7 Å². The molecular formula is C25H27ClN2O6S. The fourth-order valence-corrected chi connectivity index (χ4v) is 5.02. The molecule has 186 valence electrons. The monoisotopic (exact) mass is 518 g/mol. The van der Waals surface area contributed by atoms with Crippen molar-refractivity contribution >= 4 is 38.9 Å². The molecule has 8 nitrogen and oxygen atoms in total. The number of aryl methyl sites for hydroxylation is 1. The quantitative estimate of drug-likeness (QED) is 0.416. The highest BCUT2D eigenvalue weighted by molar-refractivity contribution is 7.92. The maximum absolute atomic E-state index is 13.8. The molecule has 0 aliphatic rings. The SMILES string of the molecule is CCc1ccc(NC(=O)CN(c2cc(Cl)ccc2OC)S(=O)(=O)c2ccc(OC)c(OC)c2)cc1. The number of benzene rings is 3. The number of ether oxygens (including phenoxy) is 3. The van der Waals surface area contributed by atoms with Gasteiger partial charge < -0.3 is 19.5 Å². The van der Waals surface area contributed by atoms with E-state index in [1.807, 2.05) is 19.1 Å². The summed E-state index contributed by atoms with van der Waals surface area (Å²) in [7, 11) is 0.00226. The molecule has 0 saturated heterocycles. The summed E-state index contributed by atoms with van der Waals surface area (Å²) >= 11 is 6.18. The number of carbonyl (C=O) groups excluding carboxylic acids is 1. The van der Waals surface area contributed by atoms with E-state index in [9.17, 15) is 13.2 Å². The van der Waals surface area contributed by atoms with Crippen molar-refractivity contribution in [3.8, 4) is 17.2 Å². The largest absolute Gasteiger partial charge is 0.495 e. The first-order chi connectivity index (χ1) is 16.7. The Labute approximate surface area is 210 Å². The van der Waals surface area contributed by atoms with Crippen molar-refractivity contribution in [2.24, 2.45) is 0 Å². The van der Waals surface area contributed by atoms with Crippen LogP contribution >= 0.6 is 11.6 Å². The van der Waals surface area contributed by atoms with Gasteiger partial charge in [-0.25, -0.2) is 8.42 Å². The van der Waals surface area contributed by atoms with E-state index in [4.69, 9.17) is 25.8 Å². The van der Waals surface area contributed by atoms with Gasteiger partial charge in [0.2, 0.25) is 5.91 Å². The number of nitrogens with zero attached hydrogens (tertiary/aromatic N) is 1. The smallest absolute Gasteiger partial charge is 0.265 e. The molecule has 0 spiro atoms. The van der Waals surface area contributed by atoms with Crippen LogP contribution < -0.4 is 23.8 Å². The number of anilines is 2. The second-order valence-corrected chi connectivity index (χ2v) is 9.74.